The van der Waals surface area contributed by atoms with Crippen LogP contribution in [0.1, 0.15) is 11.1 Å². The highest BCUT2D eigenvalue weighted by molar-refractivity contribution is 5.54. The lowest BCUT2D eigenvalue weighted by atomic mass is 9.84. The topological polar surface area (TPSA) is 64.6 Å². The van der Waals surface area contributed by atoms with Crippen LogP contribution in [-0.4, -0.2) is 48.1 Å². The molecule has 0 bridgehead atoms. The fourth-order valence-corrected chi connectivity index (χ4v) is 4.30. The molecule has 2 heterocycles. The first kappa shape index (κ1) is 20.6. The zero-order chi connectivity index (χ0) is 21.1. The zero-order valence-corrected chi connectivity index (χ0v) is 17.8. The molecule has 1 saturated heterocycles. The second kappa shape index (κ2) is 9.02. The Morgan fingerprint density at radius 3 is 2.23 bits per heavy atom. The first-order valence-corrected chi connectivity index (χ1v) is 9.98. The summed E-state index contributed by atoms with van der Waals surface area (Å²) in [5.74, 6) is 3.96. The summed E-state index contributed by atoms with van der Waals surface area (Å²) in [4.78, 5) is 0. The van der Waals surface area contributed by atoms with E-state index in [-0.39, 0.29) is 19.0 Å². The fourth-order valence-electron chi connectivity index (χ4n) is 4.30. The summed E-state index contributed by atoms with van der Waals surface area (Å²) in [5, 5.41) is 0. The Morgan fingerprint density at radius 1 is 0.833 bits per heavy atom. The van der Waals surface area contributed by atoms with Crippen LogP contribution in [0.15, 0.2) is 30.3 Å². The second-order valence-electron chi connectivity index (χ2n) is 7.49. The van der Waals surface area contributed by atoms with Gasteiger partial charge in [-0.3, -0.25) is 0 Å². The molecule has 4 rings (SSSR count). The minimum Gasteiger partial charge on any atom is -0.493 e. The van der Waals surface area contributed by atoms with E-state index in [1.165, 1.54) is 5.56 Å². The third-order valence-corrected chi connectivity index (χ3v) is 5.79. The standard InChI is InChI=1S/C23H28O7/c1-24-20-10-15(11-21(25-2)22(20)26-3)8-17-16(12-28-23(17)27-4)7-14-5-6-18-19(9-14)30-13-29-18/h5-6,9-11,16-17,23H,7-8,12-13H2,1-4H3/t16-,17+,23+/m0/s1. The molecule has 2 aliphatic rings. The molecule has 162 valence electrons. The molecule has 0 N–H and O–H groups in total. The minimum absolute atomic E-state index is 0.184. The molecule has 30 heavy (non-hydrogen) atoms. The number of ether oxygens (including phenoxy) is 7. The van der Waals surface area contributed by atoms with Crippen molar-refractivity contribution in [3.8, 4) is 28.7 Å². The Hall–Kier alpha value is -2.64. The lowest BCUT2D eigenvalue weighted by molar-refractivity contribution is -0.110. The van der Waals surface area contributed by atoms with E-state index in [1.54, 1.807) is 28.4 Å². The Bertz CT molecular complexity index is 857. The third kappa shape index (κ3) is 4.00. The summed E-state index contributed by atoms with van der Waals surface area (Å²) >= 11 is 0. The van der Waals surface area contributed by atoms with E-state index < -0.39 is 0 Å². The fraction of sp³-hybridized carbons (Fsp3) is 0.478. The number of methoxy groups -OCH3 is 4. The van der Waals surface area contributed by atoms with Crippen LogP contribution >= 0.6 is 0 Å². The highest BCUT2D eigenvalue weighted by Gasteiger charge is 2.38. The summed E-state index contributed by atoms with van der Waals surface area (Å²) in [6.45, 7) is 0.920. The molecule has 0 aliphatic carbocycles. The SMILES string of the molecule is COc1cc(C[C@@H]2[C@@H](Cc3ccc4c(c3)OCO4)CO[C@H]2OC)cc(OC)c1OC. The van der Waals surface area contributed by atoms with Gasteiger partial charge in [0, 0.05) is 13.0 Å². The van der Waals surface area contributed by atoms with E-state index in [2.05, 4.69) is 12.1 Å². The van der Waals surface area contributed by atoms with Gasteiger partial charge < -0.3 is 33.2 Å². The molecule has 3 atom stereocenters. The van der Waals surface area contributed by atoms with Crippen molar-refractivity contribution in [1.29, 1.82) is 0 Å². The van der Waals surface area contributed by atoms with Crippen LogP contribution in [0.2, 0.25) is 0 Å². The molecule has 2 aromatic rings. The molecule has 0 aromatic heterocycles. The number of rotatable bonds is 8. The summed E-state index contributed by atoms with van der Waals surface area (Å²) in [6, 6.07) is 10.1. The predicted molar refractivity (Wildman–Crippen MR) is 110 cm³/mol. The molecule has 1 fully saturated rings. The largest absolute Gasteiger partial charge is 0.493 e. The van der Waals surface area contributed by atoms with E-state index >= 15 is 0 Å². The van der Waals surface area contributed by atoms with Crippen molar-refractivity contribution in [1.82, 2.24) is 0 Å². The van der Waals surface area contributed by atoms with Crippen molar-refractivity contribution in [3.63, 3.8) is 0 Å². The molecular formula is C23H28O7. The van der Waals surface area contributed by atoms with Crippen molar-refractivity contribution in [3.05, 3.63) is 41.5 Å². The van der Waals surface area contributed by atoms with Crippen molar-refractivity contribution in [2.24, 2.45) is 11.8 Å². The molecule has 0 spiro atoms. The lowest BCUT2D eigenvalue weighted by Gasteiger charge is -2.23. The molecule has 2 aliphatic heterocycles. The number of hydrogen-bond donors (Lipinski definition) is 0. The van der Waals surface area contributed by atoms with E-state index in [0.29, 0.717) is 29.8 Å². The first-order valence-electron chi connectivity index (χ1n) is 9.98. The predicted octanol–water partition coefficient (Wildman–Crippen LogP) is 3.46. The van der Waals surface area contributed by atoms with Crippen LogP contribution in [-0.2, 0) is 22.3 Å². The minimum atomic E-state index is -0.261. The Kier molecular flexibility index (Phi) is 6.20. The van der Waals surface area contributed by atoms with Crippen molar-refractivity contribution in [2.45, 2.75) is 19.1 Å². The zero-order valence-electron chi connectivity index (χ0n) is 17.8. The Labute approximate surface area is 176 Å². The summed E-state index contributed by atoms with van der Waals surface area (Å²) in [6.07, 6.45) is 1.37. The maximum absolute atomic E-state index is 5.96. The molecule has 0 radical (unpaired) electrons. The third-order valence-electron chi connectivity index (χ3n) is 5.79. The van der Waals surface area contributed by atoms with Crippen molar-refractivity contribution < 1.29 is 33.2 Å². The number of hydrogen-bond acceptors (Lipinski definition) is 7. The van der Waals surface area contributed by atoms with Gasteiger partial charge in [0.25, 0.3) is 0 Å². The van der Waals surface area contributed by atoms with Gasteiger partial charge in [-0.15, -0.1) is 0 Å². The van der Waals surface area contributed by atoms with E-state index in [1.807, 2.05) is 18.2 Å². The second-order valence-corrected chi connectivity index (χ2v) is 7.49. The van der Waals surface area contributed by atoms with Gasteiger partial charge >= 0.3 is 0 Å². The normalized spacial score (nSPS) is 22.2. The molecule has 0 unspecified atom stereocenters. The van der Waals surface area contributed by atoms with Gasteiger partial charge in [0.1, 0.15) is 0 Å². The molecule has 7 heteroatoms. The monoisotopic (exact) mass is 416 g/mol. The summed E-state index contributed by atoms with van der Waals surface area (Å²) in [7, 11) is 6.54. The Balaban J connectivity index is 1.56. The van der Waals surface area contributed by atoms with Crippen LogP contribution in [0, 0.1) is 11.8 Å². The van der Waals surface area contributed by atoms with E-state index in [4.69, 9.17) is 33.2 Å². The average Bonchev–Trinajstić information content (AvgIpc) is 3.39. The lowest BCUT2D eigenvalue weighted by Crippen LogP contribution is -2.25. The smallest absolute Gasteiger partial charge is 0.231 e. The molecule has 7 nitrogen and oxygen atoms in total. The summed E-state index contributed by atoms with van der Waals surface area (Å²) in [5.41, 5.74) is 2.28. The van der Waals surface area contributed by atoms with Crippen LogP contribution in [0.3, 0.4) is 0 Å². The van der Waals surface area contributed by atoms with Gasteiger partial charge in [0.2, 0.25) is 12.5 Å². The van der Waals surface area contributed by atoms with Gasteiger partial charge in [-0.1, -0.05) is 6.07 Å². The number of benzene rings is 2. The maximum atomic E-state index is 5.96. The van der Waals surface area contributed by atoms with Gasteiger partial charge in [0.15, 0.2) is 29.3 Å². The van der Waals surface area contributed by atoms with Gasteiger partial charge in [-0.05, 0) is 54.2 Å². The summed E-state index contributed by atoms with van der Waals surface area (Å²) < 4.78 is 39.0. The molecule has 0 amide bonds. The van der Waals surface area contributed by atoms with E-state index in [0.717, 1.165) is 29.9 Å². The van der Waals surface area contributed by atoms with Gasteiger partial charge in [0.05, 0.1) is 27.9 Å². The quantitative estimate of drug-likeness (QED) is 0.653. The van der Waals surface area contributed by atoms with Crippen LogP contribution in [0.5, 0.6) is 28.7 Å². The van der Waals surface area contributed by atoms with Crippen LogP contribution < -0.4 is 23.7 Å². The van der Waals surface area contributed by atoms with Gasteiger partial charge in [-0.25, -0.2) is 0 Å². The highest BCUT2D eigenvalue weighted by atomic mass is 16.7. The Morgan fingerprint density at radius 2 is 1.57 bits per heavy atom. The molecular weight excluding hydrogens is 388 g/mol. The number of fused-ring (bicyclic) bond motifs is 1. The first-order chi connectivity index (χ1) is 14.7. The van der Waals surface area contributed by atoms with E-state index in [9.17, 15) is 0 Å². The van der Waals surface area contributed by atoms with Crippen LogP contribution in [0.25, 0.3) is 0 Å². The molecule has 0 saturated carbocycles. The van der Waals surface area contributed by atoms with Crippen LogP contribution in [0.4, 0.5) is 0 Å². The van der Waals surface area contributed by atoms with Gasteiger partial charge in [-0.2, -0.15) is 0 Å². The van der Waals surface area contributed by atoms with Crippen molar-refractivity contribution >= 4 is 0 Å². The maximum Gasteiger partial charge on any atom is 0.231 e. The molecule has 2 aromatic carbocycles. The van der Waals surface area contributed by atoms with Crippen molar-refractivity contribution in [2.75, 3.05) is 41.8 Å². The highest BCUT2D eigenvalue weighted by Crippen LogP contribution is 2.41. The average molecular weight is 416 g/mol.